The number of sulfone groups is 1. The second kappa shape index (κ2) is 14.0. The maximum absolute atomic E-state index is 12.7. The molecule has 0 aliphatic carbocycles. The van der Waals surface area contributed by atoms with E-state index in [0.29, 0.717) is 22.0 Å². The second-order valence-electron chi connectivity index (χ2n) is 10.7. The van der Waals surface area contributed by atoms with Crippen LogP contribution in [0.3, 0.4) is 0 Å². The first-order valence-electron chi connectivity index (χ1n) is 14.3. The van der Waals surface area contributed by atoms with E-state index in [-0.39, 0.29) is 41.6 Å². The maximum atomic E-state index is 12.7. The predicted octanol–water partition coefficient (Wildman–Crippen LogP) is 5.88. The van der Waals surface area contributed by atoms with Crippen LogP contribution in [0.4, 0.5) is 24.8 Å². The van der Waals surface area contributed by atoms with Crippen LogP contribution in [0.25, 0.3) is 17.1 Å². The lowest BCUT2D eigenvalue weighted by molar-refractivity contribution is -0.274. The topological polar surface area (TPSA) is 131 Å². The molecule has 1 aliphatic rings. The normalized spacial score (nSPS) is 14.9. The van der Waals surface area contributed by atoms with Gasteiger partial charge in [-0.05, 0) is 47.4 Å². The molecule has 1 aromatic heterocycles. The standard InChI is InChI=1S/C31H30F3N7O4S2/c1-20(2)25-6-4-5-7-26(25)40-27(42)19-46-30(40)38-36-18-21-8-10-22(11-9-21)28-37-29(35-16-17-47(3,43)44)41(39-28)23-12-14-24(15-13-23)45-31(32,33)34/h4-15,18,20H,16-17,19H2,1-3H3,(H,35,37,39). The van der Waals surface area contributed by atoms with Gasteiger partial charge in [0.1, 0.15) is 15.6 Å². The summed E-state index contributed by atoms with van der Waals surface area (Å²) in [6.07, 6.45) is -2.17. The molecule has 5 rings (SSSR count). The molecule has 246 valence electrons. The average molecular weight is 686 g/mol. The number of benzene rings is 3. The van der Waals surface area contributed by atoms with Crippen molar-refractivity contribution in [3.63, 3.8) is 0 Å². The Hall–Kier alpha value is -4.70. The lowest BCUT2D eigenvalue weighted by Gasteiger charge is -2.20. The first kappa shape index (κ1) is 33.7. The van der Waals surface area contributed by atoms with Crippen molar-refractivity contribution in [2.75, 3.05) is 34.5 Å². The zero-order chi connectivity index (χ0) is 33.8. The zero-order valence-corrected chi connectivity index (χ0v) is 27.1. The molecule has 11 nitrogen and oxygen atoms in total. The summed E-state index contributed by atoms with van der Waals surface area (Å²) in [5.74, 6) is 0.331. The van der Waals surface area contributed by atoms with E-state index in [4.69, 9.17) is 0 Å². The highest BCUT2D eigenvalue weighted by atomic mass is 32.2. The number of aromatic nitrogens is 3. The summed E-state index contributed by atoms with van der Waals surface area (Å²) in [4.78, 5) is 18.8. The molecule has 0 atom stereocenters. The maximum Gasteiger partial charge on any atom is 0.573 e. The predicted molar refractivity (Wildman–Crippen MR) is 177 cm³/mol. The molecule has 0 saturated carbocycles. The molecule has 16 heteroatoms. The van der Waals surface area contributed by atoms with Gasteiger partial charge in [0, 0.05) is 18.4 Å². The van der Waals surface area contributed by atoms with Gasteiger partial charge in [-0.15, -0.1) is 23.4 Å². The third kappa shape index (κ3) is 8.77. The molecular formula is C31H30F3N7O4S2. The van der Waals surface area contributed by atoms with Gasteiger partial charge in [0.25, 0.3) is 0 Å². The van der Waals surface area contributed by atoms with Crippen molar-refractivity contribution < 1.29 is 31.1 Å². The molecule has 0 bridgehead atoms. The Bertz CT molecular complexity index is 1910. The van der Waals surface area contributed by atoms with Gasteiger partial charge in [-0.1, -0.05) is 68.1 Å². The van der Waals surface area contributed by atoms with Crippen LogP contribution in [0.1, 0.15) is 30.9 Å². The minimum Gasteiger partial charge on any atom is -0.406 e. The molecule has 1 N–H and O–H groups in total. The number of thioether (sulfide) groups is 1. The molecule has 1 saturated heterocycles. The Morgan fingerprint density at radius 2 is 1.77 bits per heavy atom. The van der Waals surface area contributed by atoms with E-state index in [0.717, 1.165) is 29.6 Å². The smallest absolute Gasteiger partial charge is 0.406 e. The van der Waals surface area contributed by atoms with Crippen molar-refractivity contribution in [1.82, 2.24) is 14.8 Å². The summed E-state index contributed by atoms with van der Waals surface area (Å²) in [7, 11) is -3.27. The van der Waals surface area contributed by atoms with E-state index in [1.165, 1.54) is 28.6 Å². The van der Waals surface area contributed by atoms with Gasteiger partial charge in [0.15, 0.2) is 11.0 Å². The summed E-state index contributed by atoms with van der Waals surface area (Å²) >= 11 is 1.32. The summed E-state index contributed by atoms with van der Waals surface area (Å²) in [5, 5.41) is 16.5. The number of halogens is 3. The number of amidine groups is 1. The highest BCUT2D eigenvalue weighted by Gasteiger charge is 2.32. The molecule has 3 aromatic carbocycles. The fraction of sp³-hybridized carbons (Fsp3) is 0.258. The number of anilines is 2. The van der Waals surface area contributed by atoms with Crippen LogP contribution in [-0.2, 0) is 14.6 Å². The van der Waals surface area contributed by atoms with Gasteiger partial charge in [-0.2, -0.15) is 14.8 Å². The minimum atomic E-state index is -4.83. The number of hydrogen-bond donors (Lipinski definition) is 1. The second-order valence-corrected chi connectivity index (χ2v) is 14.0. The Morgan fingerprint density at radius 3 is 2.43 bits per heavy atom. The van der Waals surface area contributed by atoms with Gasteiger partial charge in [0.2, 0.25) is 11.9 Å². The number of para-hydroxylation sites is 1. The number of amides is 1. The van der Waals surface area contributed by atoms with Crippen LogP contribution in [0.5, 0.6) is 5.75 Å². The number of nitrogens with one attached hydrogen (secondary N) is 1. The molecule has 1 aliphatic heterocycles. The van der Waals surface area contributed by atoms with Crippen molar-refractivity contribution in [2.45, 2.75) is 26.1 Å². The van der Waals surface area contributed by atoms with Crippen LogP contribution < -0.4 is 15.0 Å². The largest absolute Gasteiger partial charge is 0.573 e. The SMILES string of the molecule is CC(C)c1ccccc1N1C(=O)CSC1=NN=Cc1ccc(-c2nc(NCCS(C)(=O)=O)n(-c3ccc(OC(F)(F)F)cc3)n2)cc1. The van der Waals surface area contributed by atoms with Crippen LogP contribution >= 0.6 is 11.8 Å². The Balaban J connectivity index is 1.36. The molecule has 4 aromatic rings. The molecule has 0 radical (unpaired) electrons. The summed E-state index contributed by atoms with van der Waals surface area (Å²) in [6.45, 7) is 4.17. The van der Waals surface area contributed by atoms with Crippen molar-refractivity contribution in [2.24, 2.45) is 10.2 Å². The number of carbonyl (C=O) groups excluding carboxylic acids is 1. The van der Waals surface area contributed by atoms with Crippen LogP contribution in [0, 0.1) is 0 Å². The van der Waals surface area contributed by atoms with E-state index >= 15 is 0 Å². The Morgan fingerprint density at radius 1 is 1.06 bits per heavy atom. The summed E-state index contributed by atoms with van der Waals surface area (Å²) in [5.41, 5.74) is 3.53. The third-order valence-corrected chi connectivity index (χ3v) is 8.62. The third-order valence-electron chi connectivity index (χ3n) is 6.76. The van der Waals surface area contributed by atoms with E-state index < -0.39 is 21.9 Å². The molecule has 0 spiro atoms. The number of alkyl halides is 3. The van der Waals surface area contributed by atoms with Crippen LogP contribution in [0.15, 0.2) is 83.0 Å². The first-order valence-corrected chi connectivity index (χ1v) is 17.3. The fourth-order valence-corrected chi connectivity index (χ4v) is 5.87. The van der Waals surface area contributed by atoms with Gasteiger partial charge >= 0.3 is 6.36 Å². The van der Waals surface area contributed by atoms with E-state index in [9.17, 15) is 26.4 Å². The van der Waals surface area contributed by atoms with Crippen molar-refractivity contribution in [1.29, 1.82) is 0 Å². The number of nitrogens with zero attached hydrogens (tertiary/aromatic N) is 6. The summed E-state index contributed by atoms with van der Waals surface area (Å²) < 4.78 is 66.4. The molecule has 0 unspecified atom stereocenters. The van der Waals surface area contributed by atoms with E-state index in [2.05, 4.69) is 44.2 Å². The number of carbonyl (C=O) groups is 1. The summed E-state index contributed by atoms with van der Waals surface area (Å²) in [6, 6.07) is 19.8. The van der Waals surface area contributed by atoms with Crippen LogP contribution in [-0.4, -0.2) is 71.1 Å². The number of hydrogen-bond acceptors (Lipinski definition) is 10. The molecule has 2 heterocycles. The number of rotatable bonds is 11. The molecule has 1 amide bonds. The zero-order valence-electron chi connectivity index (χ0n) is 25.5. The van der Waals surface area contributed by atoms with Crippen LogP contribution in [0.2, 0.25) is 0 Å². The highest BCUT2D eigenvalue weighted by molar-refractivity contribution is 8.15. The van der Waals surface area contributed by atoms with Gasteiger partial charge < -0.3 is 10.1 Å². The lowest BCUT2D eigenvalue weighted by Crippen LogP contribution is -2.30. The van der Waals surface area contributed by atoms with Gasteiger partial charge in [0.05, 0.1) is 29.1 Å². The lowest BCUT2D eigenvalue weighted by atomic mass is 10.0. The van der Waals surface area contributed by atoms with Crippen molar-refractivity contribution in [3.8, 4) is 22.8 Å². The quantitative estimate of drug-likeness (QED) is 0.153. The average Bonchev–Trinajstić information content (AvgIpc) is 3.59. The highest BCUT2D eigenvalue weighted by Crippen LogP contribution is 2.33. The number of ether oxygens (including phenoxy) is 1. The van der Waals surface area contributed by atoms with E-state index in [1.54, 1.807) is 35.4 Å². The molecular weight excluding hydrogens is 656 g/mol. The Kier molecular flexibility index (Phi) is 10.0. The van der Waals surface area contributed by atoms with Gasteiger partial charge in [-0.3, -0.25) is 9.69 Å². The monoisotopic (exact) mass is 685 g/mol. The fourth-order valence-electron chi connectivity index (χ4n) is 4.58. The van der Waals surface area contributed by atoms with E-state index in [1.807, 2.05) is 24.3 Å². The van der Waals surface area contributed by atoms with Crippen molar-refractivity contribution >= 4 is 50.5 Å². The molecule has 47 heavy (non-hydrogen) atoms. The minimum absolute atomic E-state index is 0.0362. The molecule has 1 fully saturated rings. The first-order chi connectivity index (χ1) is 22.3. The van der Waals surface area contributed by atoms with Gasteiger partial charge in [-0.25, -0.2) is 8.42 Å². The van der Waals surface area contributed by atoms with Crippen molar-refractivity contribution in [3.05, 3.63) is 83.9 Å². The Labute approximate surface area is 273 Å².